The Morgan fingerprint density at radius 2 is 2.24 bits per heavy atom. The van der Waals surface area contributed by atoms with Gasteiger partial charge in [0.1, 0.15) is 6.10 Å². The molecule has 0 amide bonds. The summed E-state index contributed by atoms with van der Waals surface area (Å²) in [6.45, 7) is 2.07. The number of nitrogens with zero attached hydrogens (tertiary/aromatic N) is 2. The lowest BCUT2D eigenvalue weighted by Crippen LogP contribution is -2.16. The topological polar surface area (TPSA) is 52.1 Å². The highest BCUT2D eigenvalue weighted by Gasteiger charge is 2.27. The van der Waals surface area contributed by atoms with Crippen molar-refractivity contribution < 1.29 is 9.53 Å². The van der Waals surface area contributed by atoms with Crippen LogP contribution in [0.3, 0.4) is 0 Å². The summed E-state index contributed by atoms with van der Waals surface area (Å²) in [5, 5.41) is 0. The molecule has 1 aliphatic heterocycles. The number of fused-ring (bicyclic) bond motifs is 1. The Hall–Kier alpha value is -1.29. The summed E-state index contributed by atoms with van der Waals surface area (Å²) in [6, 6.07) is 0. The molecule has 2 heterocycles. The van der Waals surface area contributed by atoms with E-state index in [4.69, 9.17) is 4.74 Å². The summed E-state index contributed by atoms with van der Waals surface area (Å²) in [7, 11) is 0. The van der Waals surface area contributed by atoms with Crippen LogP contribution in [-0.4, -0.2) is 21.9 Å². The highest BCUT2D eigenvalue weighted by molar-refractivity contribution is 5.97. The first-order valence-electron chi connectivity index (χ1n) is 6.28. The molecule has 17 heavy (non-hydrogen) atoms. The average Bonchev–Trinajstić information content (AvgIpc) is 2.76. The quantitative estimate of drug-likeness (QED) is 0.745. The molecule has 1 aromatic rings. The molecule has 4 heteroatoms. The summed E-state index contributed by atoms with van der Waals surface area (Å²) in [5.41, 5.74) is 1.63. The molecule has 1 aromatic heterocycles. The van der Waals surface area contributed by atoms with E-state index < -0.39 is 0 Å². The van der Waals surface area contributed by atoms with Crippen molar-refractivity contribution in [2.24, 2.45) is 0 Å². The first-order chi connectivity index (χ1) is 8.24. The van der Waals surface area contributed by atoms with E-state index >= 15 is 0 Å². The standard InChI is InChI=1S/C13H16N2O2/c1-8-5-6-12(17-8)13-14-7-9-10(15-13)3-2-4-11(9)16/h7-8,12H,2-6H2,1H3. The van der Waals surface area contributed by atoms with E-state index in [9.17, 15) is 4.79 Å². The Balaban J connectivity index is 1.90. The number of aryl methyl sites for hydroxylation is 1. The van der Waals surface area contributed by atoms with Gasteiger partial charge < -0.3 is 4.74 Å². The third kappa shape index (κ3) is 1.97. The number of carbonyl (C=O) groups excluding carboxylic acids is 1. The molecular weight excluding hydrogens is 216 g/mol. The number of rotatable bonds is 1. The van der Waals surface area contributed by atoms with Crippen LogP contribution < -0.4 is 0 Å². The first kappa shape index (κ1) is 10.8. The molecule has 1 saturated heterocycles. The Bertz CT molecular complexity index is 459. The lowest BCUT2D eigenvalue weighted by molar-refractivity contribution is 0.0500. The second-order valence-corrected chi connectivity index (χ2v) is 4.88. The van der Waals surface area contributed by atoms with Gasteiger partial charge >= 0.3 is 0 Å². The van der Waals surface area contributed by atoms with Crippen molar-refractivity contribution >= 4 is 5.78 Å². The lowest BCUT2D eigenvalue weighted by atomic mass is 9.96. The molecule has 0 radical (unpaired) electrons. The van der Waals surface area contributed by atoms with Crippen LogP contribution in [0.5, 0.6) is 0 Å². The second-order valence-electron chi connectivity index (χ2n) is 4.88. The highest BCUT2D eigenvalue weighted by Crippen LogP contribution is 2.31. The van der Waals surface area contributed by atoms with Gasteiger partial charge in [0, 0.05) is 12.6 Å². The van der Waals surface area contributed by atoms with Crippen molar-refractivity contribution in [3.63, 3.8) is 0 Å². The fourth-order valence-corrected chi connectivity index (χ4v) is 2.55. The zero-order chi connectivity index (χ0) is 11.8. The molecule has 0 bridgehead atoms. The van der Waals surface area contributed by atoms with Crippen LogP contribution in [0.4, 0.5) is 0 Å². The molecule has 0 aromatic carbocycles. The third-order valence-corrected chi connectivity index (χ3v) is 3.52. The van der Waals surface area contributed by atoms with Crippen LogP contribution >= 0.6 is 0 Å². The van der Waals surface area contributed by atoms with E-state index in [-0.39, 0.29) is 11.9 Å². The van der Waals surface area contributed by atoms with Crippen LogP contribution in [0.15, 0.2) is 6.20 Å². The predicted octanol–water partition coefficient (Wildman–Crippen LogP) is 2.24. The number of ketones is 1. The molecule has 3 rings (SSSR count). The highest BCUT2D eigenvalue weighted by atomic mass is 16.5. The first-order valence-corrected chi connectivity index (χ1v) is 6.28. The minimum absolute atomic E-state index is 0.0207. The molecule has 0 spiro atoms. The van der Waals surface area contributed by atoms with Gasteiger partial charge in [-0.2, -0.15) is 0 Å². The van der Waals surface area contributed by atoms with E-state index in [2.05, 4.69) is 16.9 Å². The van der Waals surface area contributed by atoms with E-state index in [0.29, 0.717) is 18.1 Å². The summed E-state index contributed by atoms with van der Waals surface area (Å²) >= 11 is 0. The second kappa shape index (κ2) is 4.18. The molecule has 1 aliphatic carbocycles. The maximum atomic E-state index is 11.7. The van der Waals surface area contributed by atoms with Crippen LogP contribution in [0.2, 0.25) is 0 Å². The van der Waals surface area contributed by atoms with Crippen molar-refractivity contribution in [3.05, 3.63) is 23.3 Å². The Morgan fingerprint density at radius 3 is 3.00 bits per heavy atom. The lowest BCUT2D eigenvalue weighted by Gasteiger charge is -2.16. The zero-order valence-corrected chi connectivity index (χ0v) is 9.98. The number of Topliss-reactive ketones (excluding diaryl/α,β-unsaturated/α-hetero) is 1. The van der Waals surface area contributed by atoms with Crippen molar-refractivity contribution in [1.29, 1.82) is 0 Å². The Morgan fingerprint density at radius 1 is 1.35 bits per heavy atom. The largest absolute Gasteiger partial charge is 0.367 e. The molecule has 2 atom stereocenters. The number of hydrogen-bond donors (Lipinski definition) is 0. The van der Waals surface area contributed by atoms with Gasteiger partial charge in [0.25, 0.3) is 0 Å². The molecule has 4 nitrogen and oxygen atoms in total. The predicted molar refractivity (Wildman–Crippen MR) is 61.8 cm³/mol. The summed E-state index contributed by atoms with van der Waals surface area (Å²) in [5.74, 6) is 0.932. The summed E-state index contributed by atoms with van der Waals surface area (Å²) < 4.78 is 5.76. The van der Waals surface area contributed by atoms with Crippen molar-refractivity contribution in [3.8, 4) is 0 Å². The number of ether oxygens (including phenoxy) is 1. The van der Waals surface area contributed by atoms with Gasteiger partial charge in [-0.1, -0.05) is 0 Å². The smallest absolute Gasteiger partial charge is 0.166 e. The van der Waals surface area contributed by atoms with Crippen molar-refractivity contribution in [1.82, 2.24) is 9.97 Å². The average molecular weight is 232 g/mol. The number of carbonyl (C=O) groups is 1. The van der Waals surface area contributed by atoms with E-state index in [1.165, 1.54) is 0 Å². The van der Waals surface area contributed by atoms with Crippen LogP contribution in [0.1, 0.15) is 60.6 Å². The van der Waals surface area contributed by atoms with Gasteiger partial charge in [-0.15, -0.1) is 0 Å². The molecule has 1 fully saturated rings. The fraction of sp³-hybridized carbons (Fsp3) is 0.615. The van der Waals surface area contributed by atoms with Crippen molar-refractivity contribution in [2.75, 3.05) is 0 Å². The molecular formula is C13H16N2O2. The minimum atomic E-state index is 0.0207. The Kier molecular flexibility index (Phi) is 2.67. The number of aromatic nitrogens is 2. The van der Waals surface area contributed by atoms with Crippen LogP contribution in [0, 0.1) is 0 Å². The fourth-order valence-electron chi connectivity index (χ4n) is 2.55. The monoisotopic (exact) mass is 232 g/mol. The maximum absolute atomic E-state index is 11.7. The third-order valence-electron chi connectivity index (χ3n) is 3.52. The molecule has 2 unspecified atom stereocenters. The Labute approximate surface area is 100 Å². The molecule has 0 saturated carbocycles. The van der Waals surface area contributed by atoms with Gasteiger partial charge in [-0.05, 0) is 32.6 Å². The van der Waals surface area contributed by atoms with Crippen LogP contribution in [0.25, 0.3) is 0 Å². The van der Waals surface area contributed by atoms with Gasteiger partial charge in [-0.3, -0.25) is 4.79 Å². The number of hydrogen-bond acceptors (Lipinski definition) is 4. The van der Waals surface area contributed by atoms with Crippen molar-refractivity contribution in [2.45, 2.75) is 51.2 Å². The SMILES string of the molecule is CC1CCC(c2ncc3c(n2)CCCC3=O)O1. The normalized spacial score (nSPS) is 28.2. The van der Waals surface area contributed by atoms with Gasteiger partial charge in [-0.25, -0.2) is 9.97 Å². The van der Waals surface area contributed by atoms with Gasteiger partial charge in [0.15, 0.2) is 11.6 Å². The zero-order valence-electron chi connectivity index (χ0n) is 9.98. The molecule has 0 N–H and O–H groups in total. The van der Waals surface area contributed by atoms with E-state index in [1.807, 2.05) is 0 Å². The van der Waals surface area contributed by atoms with Gasteiger partial charge in [0.2, 0.25) is 0 Å². The minimum Gasteiger partial charge on any atom is -0.367 e. The summed E-state index contributed by atoms with van der Waals surface area (Å²) in [4.78, 5) is 20.5. The molecule has 90 valence electrons. The molecule has 2 aliphatic rings. The maximum Gasteiger partial charge on any atom is 0.166 e. The van der Waals surface area contributed by atoms with E-state index in [1.54, 1.807) is 6.20 Å². The van der Waals surface area contributed by atoms with Crippen LogP contribution in [-0.2, 0) is 11.2 Å². The summed E-state index contributed by atoms with van der Waals surface area (Å²) in [6.07, 6.45) is 6.47. The van der Waals surface area contributed by atoms with Gasteiger partial charge in [0.05, 0.1) is 17.4 Å². The van der Waals surface area contributed by atoms with E-state index in [0.717, 1.165) is 37.2 Å².